The highest BCUT2D eigenvalue weighted by molar-refractivity contribution is 5.44. The summed E-state index contributed by atoms with van der Waals surface area (Å²) in [6, 6.07) is 26.0. The molecule has 0 aliphatic heterocycles. The van der Waals surface area contributed by atoms with Gasteiger partial charge in [-0.2, -0.15) is 0 Å². The van der Waals surface area contributed by atoms with Crippen molar-refractivity contribution < 1.29 is 9.84 Å². The van der Waals surface area contributed by atoms with Gasteiger partial charge in [-0.3, -0.25) is 4.90 Å². The van der Waals surface area contributed by atoms with Gasteiger partial charge in [0.25, 0.3) is 0 Å². The molecule has 0 bridgehead atoms. The molecule has 35 heavy (non-hydrogen) atoms. The van der Waals surface area contributed by atoms with E-state index >= 15 is 0 Å². The number of rotatable bonds is 13. The van der Waals surface area contributed by atoms with E-state index in [2.05, 4.69) is 100 Å². The summed E-state index contributed by atoms with van der Waals surface area (Å²) in [4.78, 5) is 2.52. The number of hydrogen-bond donors (Lipinski definition) is 1. The maximum absolute atomic E-state index is 10.9. The number of nitrogens with zero attached hydrogens (tertiary/aromatic N) is 1. The largest absolute Gasteiger partial charge is 0.508 e. The number of phenols is 1. The highest BCUT2D eigenvalue weighted by Gasteiger charge is 2.21. The summed E-state index contributed by atoms with van der Waals surface area (Å²) in [6.45, 7) is 12.8. The van der Waals surface area contributed by atoms with Gasteiger partial charge in [0.1, 0.15) is 11.5 Å². The van der Waals surface area contributed by atoms with E-state index in [4.69, 9.17) is 4.74 Å². The summed E-state index contributed by atoms with van der Waals surface area (Å²) in [5.41, 5.74) is 4.79. The van der Waals surface area contributed by atoms with Crippen molar-refractivity contribution >= 4 is 0 Å². The van der Waals surface area contributed by atoms with Crippen LogP contribution in [-0.2, 0) is 12.8 Å². The van der Waals surface area contributed by atoms with Gasteiger partial charge in [-0.25, -0.2) is 0 Å². The van der Waals surface area contributed by atoms with Gasteiger partial charge in [-0.05, 0) is 82.0 Å². The number of hydrogen-bond acceptors (Lipinski definition) is 3. The summed E-state index contributed by atoms with van der Waals surface area (Å²) in [5.74, 6) is 1.42. The van der Waals surface area contributed by atoms with Crippen molar-refractivity contribution in [3.63, 3.8) is 0 Å². The molecule has 3 rings (SSSR count). The molecule has 0 unspecified atom stereocenters. The molecule has 1 atom stereocenters. The van der Waals surface area contributed by atoms with Gasteiger partial charge in [0.2, 0.25) is 0 Å². The molecule has 0 aliphatic carbocycles. The second kappa shape index (κ2) is 13.3. The maximum atomic E-state index is 10.9. The molecule has 0 radical (unpaired) electrons. The van der Waals surface area contributed by atoms with Crippen molar-refractivity contribution in [2.45, 2.75) is 78.3 Å². The average Bonchev–Trinajstić information content (AvgIpc) is 2.84. The smallest absolute Gasteiger partial charge is 0.119 e. The molecule has 1 N–H and O–H groups in total. The number of aryl methyl sites for hydroxylation is 1. The monoisotopic (exact) mass is 473 g/mol. The summed E-state index contributed by atoms with van der Waals surface area (Å²) >= 11 is 0. The average molecular weight is 474 g/mol. The van der Waals surface area contributed by atoms with Gasteiger partial charge in [-0.15, -0.1) is 0 Å². The van der Waals surface area contributed by atoms with E-state index in [0.717, 1.165) is 43.5 Å². The molecule has 0 heterocycles. The summed E-state index contributed by atoms with van der Waals surface area (Å²) < 4.78 is 6.02. The first-order valence-corrected chi connectivity index (χ1v) is 13.2. The third-order valence-corrected chi connectivity index (χ3v) is 6.79. The number of phenolic OH excluding ortho intramolecular Hbond substituents is 1. The number of benzene rings is 3. The van der Waals surface area contributed by atoms with Crippen molar-refractivity contribution in [3.05, 3.63) is 95.1 Å². The lowest BCUT2D eigenvalue weighted by molar-refractivity contribution is 0.170. The summed E-state index contributed by atoms with van der Waals surface area (Å²) in [5, 5.41) is 10.9. The molecule has 0 aliphatic rings. The first-order valence-electron chi connectivity index (χ1n) is 13.2. The standard InChI is InChI=1S/C32H43NO2/c1-6-10-26-13-16-29(17-14-26)35-22-20-27-15-18-32(34)31(23-27)30(28-11-8-7-9-12-28)19-21-33(24(2)3)25(4)5/h7-9,11-18,23-25,30,34H,6,10,19-22H2,1-5H3/t30-/m1/s1. The van der Waals surface area contributed by atoms with E-state index in [0.29, 0.717) is 24.4 Å². The minimum absolute atomic E-state index is 0.142. The van der Waals surface area contributed by atoms with Crippen molar-refractivity contribution in [1.82, 2.24) is 4.90 Å². The van der Waals surface area contributed by atoms with Gasteiger partial charge in [0.05, 0.1) is 6.61 Å². The fourth-order valence-corrected chi connectivity index (χ4v) is 4.94. The molecule has 188 valence electrons. The molecule has 0 spiro atoms. The van der Waals surface area contributed by atoms with Crippen LogP contribution in [0.4, 0.5) is 0 Å². The molecule has 3 nitrogen and oxygen atoms in total. The van der Waals surface area contributed by atoms with Gasteiger partial charge < -0.3 is 9.84 Å². The van der Waals surface area contributed by atoms with Gasteiger partial charge in [-0.1, -0.05) is 67.9 Å². The lowest BCUT2D eigenvalue weighted by Crippen LogP contribution is -2.38. The van der Waals surface area contributed by atoms with Crippen molar-refractivity contribution in [3.8, 4) is 11.5 Å². The zero-order valence-corrected chi connectivity index (χ0v) is 22.2. The quantitative estimate of drug-likeness (QED) is 0.277. The molecule has 0 saturated heterocycles. The highest BCUT2D eigenvalue weighted by Crippen LogP contribution is 2.35. The van der Waals surface area contributed by atoms with E-state index in [1.54, 1.807) is 0 Å². The van der Waals surface area contributed by atoms with Crippen LogP contribution in [-0.4, -0.2) is 35.2 Å². The lowest BCUT2D eigenvalue weighted by atomic mass is 9.86. The highest BCUT2D eigenvalue weighted by atomic mass is 16.5. The molecule has 3 aromatic rings. The third kappa shape index (κ3) is 7.86. The Morgan fingerprint density at radius 3 is 2.09 bits per heavy atom. The minimum atomic E-state index is 0.142. The second-order valence-corrected chi connectivity index (χ2v) is 10.1. The van der Waals surface area contributed by atoms with E-state index < -0.39 is 0 Å². The number of aromatic hydroxyl groups is 1. The Balaban J connectivity index is 1.74. The van der Waals surface area contributed by atoms with Crippen molar-refractivity contribution in [2.24, 2.45) is 0 Å². The van der Waals surface area contributed by atoms with Crippen LogP contribution in [0.1, 0.15) is 75.6 Å². The Labute approximate surface area is 212 Å². The van der Waals surface area contributed by atoms with Crippen LogP contribution in [0.15, 0.2) is 72.8 Å². The predicted octanol–water partition coefficient (Wildman–Crippen LogP) is 7.61. The zero-order chi connectivity index (χ0) is 25.2. The van der Waals surface area contributed by atoms with E-state index in [-0.39, 0.29) is 5.92 Å². The summed E-state index contributed by atoms with van der Waals surface area (Å²) in [7, 11) is 0. The maximum Gasteiger partial charge on any atom is 0.119 e. The van der Waals surface area contributed by atoms with Gasteiger partial charge >= 0.3 is 0 Å². The van der Waals surface area contributed by atoms with Crippen molar-refractivity contribution in [1.29, 1.82) is 0 Å². The van der Waals surface area contributed by atoms with Gasteiger partial charge in [0, 0.05) is 30.0 Å². The third-order valence-electron chi connectivity index (χ3n) is 6.79. The minimum Gasteiger partial charge on any atom is -0.508 e. The molecule has 3 heteroatoms. The first-order chi connectivity index (χ1) is 16.9. The van der Waals surface area contributed by atoms with Crippen molar-refractivity contribution in [2.75, 3.05) is 13.2 Å². The fourth-order valence-electron chi connectivity index (χ4n) is 4.94. The predicted molar refractivity (Wildman–Crippen MR) is 148 cm³/mol. The molecule has 0 aromatic heterocycles. The van der Waals surface area contributed by atoms with Crippen LogP contribution in [0.5, 0.6) is 11.5 Å². The van der Waals surface area contributed by atoms with E-state index in [9.17, 15) is 5.11 Å². The Morgan fingerprint density at radius 2 is 1.46 bits per heavy atom. The zero-order valence-electron chi connectivity index (χ0n) is 22.2. The molecule has 0 fully saturated rings. The van der Waals surface area contributed by atoms with Crippen LogP contribution in [0, 0.1) is 0 Å². The Hall–Kier alpha value is -2.78. The van der Waals surface area contributed by atoms with Crippen LogP contribution in [0.2, 0.25) is 0 Å². The van der Waals surface area contributed by atoms with Crippen LogP contribution in [0.3, 0.4) is 0 Å². The van der Waals surface area contributed by atoms with E-state index in [1.807, 2.05) is 12.1 Å². The van der Waals surface area contributed by atoms with Crippen LogP contribution in [0.25, 0.3) is 0 Å². The Bertz CT molecular complexity index is 1000. The molecular formula is C32H43NO2. The SMILES string of the molecule is CCCc1ccc(OCCc2ccc(O)c([C@H](CCN(C(C)C)C(C)C)c3ccccc3)c2)cc1. The number of ether oxygens (including phenoxy) is 1. The molecular weight excluding hydrogens is 430 g/mol. The topological polar surface area (TPSA) is 32.7 Å². The van der Waals surface area contributed by atoms with E-state index in [1.165, 1.54) is 16.7 Å². The molecule has 0 saturated carbocycles. The molecule has 3 aromatic carbocycles. The normalized spacial score (nSPS) is 12.5. The lowest BCUT2D eigenvalue weighted by Gasteiger charge is -2.32. The summed E-state index contributed by atoms with van der Waals surface area (Å²) in [6.07, 6.45) is 4.01. The first kappa shape index (κ1) is 26.8. The van der Waals surface area contributed by atoms with Crippen LogP contribution >= 0.6 is 0 Å². The Kier molecular flexibility index (Phi) is 10.2. The Morgan fingerprint density at radius 1 is 0.800 bits per heavy atom. The fraction of sp³-hybridized carbons (Fsp3) is 0.438. The van der Waals surface area contributed by atoms with Crippen LogP contribution < -0.4 is 4.74 Å². The molecule has 0 amide bonds. The second-order valence-electron chi connectivity index (χ2n) is 10.1. The van der Waals surface area contributed by atoms with Gasteiger partial charge in [0.15, 0.2) is 0 Å².